The Labute approximate surface area is 157 Å². The largest absolute Gasteiger partial charge is 0.490 e. The van der Waals surface area contributed by atoms with Gasteiger partial charge in [0.2, 0.25) is 0 Å². The third kappa shape index (κ3) is 3.25. The molecule has 0 bridgehead atoms. The van der Waals surface area contributed by atoms with Crippen LogP contribution in [0.1, 0.15) is 37.3 Å². The second-order valence-corrected chi connectivity index (χ2v) is 7.26. The van der Waals surface area contributed by atoms with Crippen molar-refractivity contribution in [2.75, 3.05) is 23.7 Å². The van der Waals surface area contributed by atoms with Crippen molar-refractivity contribution in [1.82, 2.24) is 19.9 Å². The summed E-state index contributed by atoms with van der Waals surface area (Å²) in [5.41, 5.74) is 9.05. The molecular weight excluding hydrogens is 340 g/mol. The van der Waals surface area contributed by atoms with Crippen molar-refractivity contribution >= 4 is 22.7 Å². The highest BCUT2D eigenvalue weighted by molar-refractivity contribution is 5.82. The normalized spacial score (nSPS) is 18.0. The molecule has 7 heteroatoms. The highest BCUT2D eigenvalue weighted by Gasteiger charge is 2.29. The van der Waals surface area contributed by atoms with Crippen LogP contribution in [-0.4, -0.2) is 39.1 Å². The summed E-state index contributed by atoms with van der Waals surface area (Å²) in [5.74, 6) is 2.66. The zero-order chi connectivity index (χ0) is 18.2. The number of pyridine rings is 2. The number of piperidine rings is 1. The summed E-state index contributed by atoms with van der Waals surface area (Å²) in [6.45, 7) is 1.69. The maximum absolute atomic E-state index is 6.24. The van der Waals surface area contributed by atoms with E-state index in [9.17, 15) is 0 Å². The molecule has 0 spiro atoms. The molecule has 0 radical (unpaired) electrons. The van der Waals surface area contributed by atoms with Gasteiger partial charge in [0.1, 0.15) is 17.4 Å². The smallest absolute Gasteiger partial charge is 0.172 e. The van der Waals surface area contributed by atoms with E-state index < -0.39 is 0 Å². The molecule has 0 aromatic carbocycles. The minimum atomic E-state index is 0.196. The molecule has 7 nitrogen and oxygen atoms in total. The Kier molecular flexibility index (Phi) is 3.99. The Morgan fingerprint density at radius 1 is 0.963 bits per heavy atom. The maximum atomic E-state index is 6.24. The minimum absolute atomic E-state index is 0.196. The van der Waals surface area contributed by atoms with Crippen molar-refractivity contribution in [2.45, 2.75) is 37.7 Å². The molecule has 4 heterocycles. The number of nitrogens with zero attached hydrogens (tertiary/aromatic N) is 5. The van der Waals surface area contributed by atoms with Gasteiger partial charge in [0.15, 0.2) is 11.6 Å². The van der Waals surface area contributed by atoms with Crippen molar-refractivity contribution in [2.24, 2.45) is 0 Å². The molecule has 138 valence electrons. The second-order valence-electron chi connectivity index (χ2n) is 7.26. The zero-order valence-electron chi connectivity index (χ0n) is 15.1. The van der Waals surface area contributed by atoms with Gasteiger partial charge < -0.3 is 15.4 Å². The fourth-order valence-corrected chi connectivity index (χ4v) is 3.69. The first-order valence-corrected chi connectivity index (χ1v) is 9.51. The summed E-state index contributed by atoms with van der Waals surface area (Å²) in [4.78, 5) is 20.3. The number of ether oxygens (including phenoxy) is 1. The van der Waals surface area contributed by atoms with E-state index in [4.69, 9.17) is 15.5 Å². The lowest BCUT2D eigenvalue weighted by molar-refractivity contribution is 0.170. The van der Waals surface area contributed by atoms with Crippen molar-refractivity contribution in [3.05, 3.63) is 42.5 Å². The highest BCUT2D eigenvalue weighted by Crippen LogP contribution is 2.41. The molecule has 0 atom stereocenters. The first-order valence-electron chi connectivity index (χ1n) is 9.51. The van der Waals surface area contributed by atoms with Crippen LogP contribution in [0.25, 0.3) is 11.0 Å². The highest BCUT2D eigenvalue weighted by atomic mass is 16.5. The summed E-state index contributed by atoms with van der Waals surface area (Å²) < 4.78 is 6.05. The average molecular weight is 362 g/mol. The van der Waals surface area contributed by atoms with Crippen LogP contribution in [0.15, 0.2) is 36.8 Å². The number of hydrogen-bond donors (Lipinski definition) is 1. The summed E-state index contributed by atoms with van der Waals surface area (Å²) >= 11 is 0. The fourth-order valence-electron chi connectivity index (χ4n) is 3.69. The van der Waals surface area contributed by atoms with E-state index in [-0.39, 0.29) is 6.10 Å². The van der Waals surface area contributed by atoms with E-state index in [1.54, 1.807) is 12.4 Å². The van der Waals surface area contributed by atoms with E-state index in [1.807, 2.05) is 24.4 Å². The van der Waals surface area contributed by atoms with Gasteiger partial charge in [-0.15, -0.1) is 0 Å². The Hall–Kier alpha value is -2.96. The van der Waals surface area contributed by atoms with Gasteiger partial charge in [0.25, 0.3) is 0 Å². The molecule has 1 saturated carbocycles. The number of nitrogen functional groups attached to an aromatic ring is 1. The monoisotopic (exact) mass is 362 g/mol. The molecule has 0 amide bonds. The molecule has 1 aliphatic carbocycles. The molecule has 5 rings (SSSR count). The Balaban J connectivity index is 1.35. The van der Waals surface area contributed by atoms with Crippen molar-refractivity contribution in [1.29, 1.82) is 0 Å². The third-order valence-corrected chi connectivity index (χ3v) is 5.28. The predicted octanol–water partition coefficient (Wildman–Crippen LogP) is 2.93. The van der Waals surface area contributed by atoms with E-state index in [2.05, 4.69) is 19.9 Å². The summed E-state index contributed by atoms with van der Waals surface area (Å²) in [5, 5.41) is 0. The summed E-state index contributed by atoms with van der Waals surface area (Å²) in [6, 6.07) is 5.68. The summed E-state index contributed by atoms with van der Waals surface area (Å²) in [6.07, 6.45) is 9.72. The third-order valence-electron chi connectivity index (χ3n) is 5.28. The minimum Gasteiger partial charge on any atom is -0.490 e. The van der Waals surface area contributed by atoms with Crippen LogP contribution in [0, 0.1) is 0 Å². The quantitative estimate of drug-likeness (QED) is 0.763. The Bertz CT molecular complexity index is 951. The zero-order valence-corrected chi connectivity index (χ0v) is 15.1. The van der Waals surface area contributed by atoms with Crippen LogP contribution in [-0.2, 0) is 0 Å². The van der Waals surface area contributed by atoms with Crippen LogP contribution in [0.3, 0.4) is 0 Å². The lowest BCUT2D eigenvalue weighted by Gasteiger charge is -2.33. The number of nitrogens with two attached hydrogens (primary N) is 1. The van der Waals surface area contributed by atoms with Crippen molar-refractivity contribution in [3.63, 3.8) is 0 Å². The van der Waals surface area contributed by atoms with E-state index in [0.717, 1.165) is 54.2 Å². The number of rotatable bonds is 4. The van der Waals surface area contributed by atoms with Crippen LogP contribution in [0.4, 0.5) is 11.6 Å². The van der Waals surface area contributed by atoms with Gasteiger partial charge in [0, 0.05) is 50.4 Å². The molecule has 0 unspecified atom stereocenters. The van der Waals surface area contributed by atoms with Gasteiger partial charge in [-0.3, -0.25) is 9.97 Å². The number of anilines is 2. The number of hydrogen-bond acceptors (Lipinski definition) is 7. The van der Waals surface area contributed by atoms with E-state index in [1.165, 1.54) is 12.8 Å². The fraction of sp³-hybridized carbons (Fsp3) is 0.400. The van der Waals surface area contributed by atoms with Gasteiger partial charge in [-0.05, 0) is 31.0 Å². The van der Waals surface area contributed by atoms with Crippen LogP contribution in [0.5, 0.6) is 5.75 Å². The molecule has 27 heavy (non-hydrogen) atoms. The van der Waals surface area contributed by atoms with E-state index in [0.29, 0.717) is 11.7 Å². The van der Waals surface area contributed by atoms with Crippen LogP contribution in [0.2, 0.25) is 0 Å². The topological polar surface area (TPSA) is 90.0 Å². The Morgan fingerprint density at radius 3 is 2.48 bits per heavy atom. The van der Waals surface area contributed by atoms with E-state index >= 15 is 0 Å². The van der Waals surface area contributed by atoms with Gasteiger partial charge in [0.05, 0.1) is 11.2 Å². The SMILES string of the molecule is Nc1nc2ccnc(C3CC3)c2nc1N1CCC(Oc2ccncc2)CC1. The number of fused-ring (bicyclic) bond motifs is 1. The lowest BCUT2D eigenvalue weighted by Crippen LogP contribution is -2.39. The Morgan fingerprint density at radius 2 is 1.74 bits per heavy atom. The van der Waals surface area contributed by atoms with Gasteiger partial charge in [-0.25, -0.2) is 9.97 Å². The molecule has 1 saturated heterocycles. The maximum Gasteiger partial charge on any atom is 0.172 e. The first kappa shape index (κ1) is 16.2. The molecule has 2 N–H and O–H groups in total. The molecule has 3 aromatic rings. The van der Waals surface area contributed by atoms with Crippen molar-refractivity contribution < 1.29 is 4.74 Å². The van der Waals surface area contributed by atoms with Crippen LogP contribution < -0.4 is 15.4 Å². The number of aromatic nitrogens is 4. The first-order chi connectivity index (χ1) is 13.3. The average Bonchev–Trinajstić information content (AvgIpc) is 3.54. The second kappa shape index (κ2) is 6.64. The standard InChI is InChI=1S/C20H22N6O/c21-19-20(25-18-16(24-19)5-10-23-17(18)13-1-2-13)26-11-6-15(7-12-26)27-14-3-8-22-9-4-14/h3-5,8-10,13,15H,1-2,6-7,11-12H2,(H2,21,24). The van der Waals surface area contributed by atoms with Gasteiger partial charge in [-0.1, -0.05) is 0 Å². The lowest BCUT2D eigenvalue weighted by atomic mass is 10.1. The van der Waals surface area contributed by atoms with Crippen LogP contribution >= 0.6 is 0 Å². The van der Waals surface area contributed by atoms with Gasteiger partial charge >= 0.3 is 0 Å². The molecular formula is C20H22N6O. The van der Waals surface area contributed by atoms with Gasteiger partial charge in [-0.2, -0.15) is 0 Å². The summed E-state index contributed by atoms with van der Waals surface area (Å²) in [7, 11) is 0. The predicted molar refractivity (Wildman–Crippen MR) is 104 cm³/mol. The molecule has 1 aliphatic heterocycles. The van der Waals surface area contributed by atoms with Crippen molar-refractivity contribution in [3.8, 4) is 5.75 Å². The molecule has 3 aromatic heterocycles. The molecule has 2 aliphatic rings. The molecule has 2 fully saturated rings.